The molecule has 0 saturated carbocycles. The molecule has 2 aromatic rings. The van der Waals surface area contributed by atoms with E-state index >= 15 is 0 Å². The van der Waals surface area contributed by atoms with Gasteiger partial charge in [0.1, 0.15) is 11.1 Å². The predicted molar refractivity (Wildman–Crippen MR) is 120 cm³/mol. The van der Waals surface area contributed by atoms with Gasteiger partial charge in [0.2, 0.25) is 0 Å². The first kappa shape index (κ1) is 23.2. The van der Waals surface area contributed by atoms with E-state index in [0.717, 1.165) is 18.4 Å². The summed E-state index contributed by atoms with van der Waals surface area (Å²) in [4.78, 5) is 38.2. The maximum absolute atomic E-state index is 13.0. The number of carbonyl (C=O) groups is 3. The number of primary amides is 2. The summed E-state index contributed by atoms with van der Waals surface area (Å²) < 4.78 is 16.3. The fourth-order valence-corrected chi connectivity index (χ4v) is 4.54. The van der Waals surface area contributed by atoms with Gasteiger partial charge in [-0.1, -0.05) is 0 Å². The number of nitrogens with one attached hydrogen (secondary N) is 1. The lowest BCUT2D eigenvalue weighted by Gasteiger charge is -2.22. The monoisotopic (exact) mass is 462 g/mol. The number of likely N-dealkylation sites (tertiary alicyclic amines) is 1. The van der Waals surface area contributed by atoms with Crippen molar-refractivity contribution >= 4 is 34.4 Å². The molecule has 1 atom stereocenters. The molecular weight excluding hydrogens is 436 g/mol. The third-order valence-electron chi connectivity index (χ3n) is 5.07. The second-order valence-electron chi connectivity index (χ2n) is 7.22. The van der Waals surface area contributed by atoms with E-state index in [0.29, 0.717) is 29.3 Å². The van der Waals surface area contributed by atoms with Crippen molar-refractivity contribution in [2.75, 3.05) is 32.6 Å². The zero-order valence-corrected chi connectivity index (χ0v) is 18.7. The van der Waals surface area contributed by atoms with E-state index < -0.39 is 24.1 Å². The summed E-state index contributed by atoms with van der Waals surface area (Å²) in [5.41, 5.74) is 11.6. The van der Waals surface area contributed by atoms with Crippen LogP contribution in [-0.4, -0.2) is 56.3 Å². The van der Waals surface area contributed by atoms with E-state index in [4.69, 9.17) is 25.7 Å². The van der Waals surface area contributed by atoms with Crippen LogP contribution in [0.15, 0.2) is 24.3 Å². The molecule has 0 aliphatic carbocycles. The van der Waals surface area contributed by atoms with E-state index in [1.165, 1.54) is 23.3 Å². The molecule has 0 radical (unpaired) electrons. The highest BCUT2D eigenvalue weighted by Gasteiger charge is 2.26. The maximum Gasteiger partial charge on any atom is 0.341 e. The van der Waals surface area contributed by atoms with Crippen LogP contribution in [0.25, 0.3) is 10.4 Å². The van der Waals surface area contributed by atoms with Crippen LogP contribution in [0.4, 0.5) is 14.6 Å². The molecule has 1 aliphatic heterocycles. The van der Waals surface area contributed by atoms with E-state index in [1.807, 2.05) is 6.07 Å². The minimum absolute atomic E-state index is 0.174. The predicted octanol–water partition coefficient (Wildman–Crippen LogP) is 3.01. The lowest BCUT2D eigenvalue weighted by molar-refractivity contribution is 0.0242. The largest absolute Gasteiger partial charge is 0.493 e. The molecule has 4 amide bonds. The summed E-state index contributed by atoms with van der Waals surface area (Å²) in [6.45, 7) is 0.756. The molecule has 3 rings (SSSR count). The molecule has 0 bridgehead atoms. The highest BCUT2D eigenvalue weighted by molar-refractivity contribution is 7.20. The molecule has 172 valence electrons. The number of carbonyl (C=O) groups excluding carboxylic acids is 3. The number of ether oxygens (including phenoxy) is 3. The normalized spacial score (nSPS) is 16.1. The number of urea groups is 2. The first-order valence-electron chi connectivity index (χ1n) is 10.0. The number of amides is 4. The lowest BCUT2D eigenvalue weighted by atomic mass is 10.1. The fraction of sp³-hybridized carbons (Fsp3) is 0.381. The van der Waals surface area contributed by atoms with E-state index in [1.54, 1.807) is 25.3 Å². The van der Waals surface area contributed by atoms with Crippen molar-refractivity contribution in [3.8, 4) is 21.9 Å². The first-order chi connectivity index (χ1) is 15.3. The quantitative estimate of drug-likeness (QED) is 0.563. The van der Waals surface area contributed by atoms with Crippen molar-refractivity contribution in [2.24, 2.45) is 11.5 Å². The first-order valence-corrected chi connectivity index (χ1v) is 10.8. The van der Waals surface area contributed by atoms with Crippen LogP contribution in [0.1, 0.15) is 29.6 Å². The third kappa shape index (κ3) is 5.41. The van der Waals surface area contributed by atoms with Crippen LogP contribution in [0, 0.1) is 0 Å². The molecule has 1 aromatic carbocycles. The van der Waals surface area contributed by atoms with Crippen LogP contribution in [0.5, 0.6) is 11.5 Å². The summed E-state index contributed by atoms with van der Waals surface area (Å²) >= 11 is 1.18. The Labute approximate surface area is 189 Å². The lowest BCUT2D eigenvalue weighted by Crippen LogP contribution is -2.41. The Balaban J connectivity index is 1.88. The Morgan fingerprint density at radius 2 is 1.84 bits per heavy atom. The molecule has 1 aromatic heterocycles. The Kier molecular flexibility index (Phi) is 7.41. The number of benzene rings is 1. The average Bonchev–Trinajstić information content (AvgIpc) is 3.02. The number of thiophene rings is 1. The van der Waals surface area contributed by atoms with E-state index in [9.17, 15) is 14.4 Å². The van der Waals surface area contributed by atoms with Crippen LogP contribution in [0.3, 0.4) is 0 Å². The van der Waals surface area contributed by atoms with Crippen molar-refractivity contribution in [3.05, 3.63) is 29.8 Å². The molecule has 1 unspecified atom stereocenters. The van der Waals surface area contributed by atoms with Gasteiger partial charge in [0, 0.05) is 11.4 Å². The van der Waals surface area contributed by atoms with Gasteiger partial charge < -0.3 is 30.6 Å². The van der Waals surface area contributed by atoms with Crippen molar-refractivity contribution in [1.82, 2.24) is 4.90 Å². The van der Waals surface area contributed by atoms with E-state index in [-0.39, 0.29) is 17.1 Å². The topological polar surface area (TPSA) is 146 Å². The third-order valence-corrected chi connectivity index (χ3v) is 6.17. The molecule has 1 saturated heterocycles. The molecule has 11 heteroatoms. The SMILES string of the molecule is COc1ccc(-c2cc(C(=O)OC3CCCCN(C(N)=O)C3)c(NC(N)=O)s2)cc1OC. The molecular formula is C21H26N4O6S. The van der Waals surface area contributed by atoms with Crippen molar-refractivity contribution < 1.29 is 28.6 Å². The van der Waals surface area contributed by atoms with Crippen molar-refractivity contribution in [2.45, 2.75) is 25.4 Å². The molecule has 32 heavy (non-hydrogen) atoms. The zero-order chi connectivity index (χ0) is 23.3. The Hall–Kier alpha value is -3.47. The summed E-state index contributed by atoms with van der Waals surface area (Å²) in [5.74, 6) is 0.472. The van der Waals surface area contributed by atoms with Crippen molar-refractivity contribution in [3.63, 3.8) is 0 Å². The van der Waals surface area contributed by atoms with E-state index in [2.05, 4.69) is 5.32 Å². The minimum atomic E-state index is -0.797. The Morgan fingerprint density at radius 1 is 1.09 bits per heavy atom. The number of methoxy groups -OCH3 is 2. The smallest absolute Gasteiger partial charge is 0.341 e. The summed E-state index contributed by atoms with van der Waals surface area (Å²) in [6, 6.07) is 5.61. The van der Waals surface area contributed by atoms with Crippen LogP contribution in [0.2, 0.25) is 0 Å². The Morgan fingerprint density at radius 3 is 2.50 bits per heavy atom. The van der Waals surface area contributed by atoms with Crippen LogP contribution in [-0.2, 0) is 4.74 Å². The van der Waals surface area contributed by atoms with Gasteiger partial charge in [-0.2, -0.15) is 0 Å². The summed E-state index contributed by atoms with van der Waals surface area (Å²) in [5, 5.41) is 2.76. The second kappa shape index (κ2) is 10.2. The molecule has 10 nitrogen and oxygen atoms in total. The minimum Gasteiger partial charge on any atom is -0.493 e. The van der Waals surface area contributed by atoms with Gasteiger partial charge in [-0.05, 0) is 49.1 Å². The van der Waals surface area contributed by atoms with Gasteiger partial charge in [0.15, 0.2) is 11.5 Å². The van der Waals surface area contributed by atoms with Gasteiger partial charge in [0.25, 0.3) is 0 Å². The van der Waals surface area contributed by atoms with Crippen molar-refractivity contribution in [1.29, 1.82) is 0 Å². The average molecular weight is 463 g/mol. The van der Waals surface area contributed by atoms with Gasteiger partial charge in [-0.15, -0.1) is 11.3 Å². The van der Waals surface area contributed by atoms with Gasteiger partial charge in [0.05, 0.1) is 26.3 Å². The number of anilines is 1. The summed E-state index contributed by atoms with van der Waals surface area (Å²) in [6.07, 6.45) is 1.70. The Bertz CT molecular complexity index is 1010. The van der Waals surface area contributed by atoms with Gasteiger partial charge in [-0.25, -0.2) is 14.4 Å². The number of nitrogens with two attached hydrogens (primary N) is 2. The molecule has 1 aliphatic rings. The number of esters is 1. The fourth-order valence-electron chi connectivity index (χ4n) is 3.49. The highest BCUT2D eigenvalue weighted by Crippen LogP contribution is 2.39. The molecule has 2 heterocycles. The van der Waals surface area contributed by atoms with Gasteiger partial charge in [-0.3, -0.25) is 5.32 Å². The maximum atomic E-state index is 13.0. The van der Waals surface area contributed by atoms with Crippen LogP contribution >= 0.6 is 11.3 Å². The number of rotatable bonds is 6. The van der Waals surface area contributed by atoms with Gasteiger partial charge >= 0.3 is 18.0 Å². The number of hydrogen-bond donors (Lipinski definition) is 3. The molecule has 0 spiro atoms. The molecule has 1 fully saturated rings. The molecule has 5 N–H and O–H groups in total. The standard InChI is InChI=1S/C21H26N4O6S/c1-29-15-7-6-12(9-16(15)30-2)17-10-14(18(32-17)24-20(22)27)19(26)31-13-5-3-4-8-25(11-13)21(23)28/h6-7,9-10,13H,3-5,8,11H2,1-2H3,(H2,23,28)(H3,22,24,27). The second-order valence-corrected chi connectivity index (χ2v) is 8.27. The number of hydrogen-bond acceptors (Lipinski definition) is 7. The summed E-state index contributed by atoms with van der Waals surface area (Å²) in [7, 11) is 3.07. The zero-order valence-electron chi connectivity index (χ0n) is 17.9. The highest BCUT2D eigenvalue weighted by atomic mass is 32.1. The number of nitrogens with zero attached hydrogens (tertiary/aromatic N) is 1. The van der Waals surface area contributed by atoms with Crippen LogP contribution < -0.4 is 26.3 Å².